The summed E-state index contributed by atoms with van der Waals surface area (Å²) in [6.45, 7) is 5.43. The third kappa shape index (κ3) is 3.33. The van der Waals surface area contributed by atoms with Gasteiger partial charge in [0, 0.05) is 16.5 Å². The first-order chi connectivity index (χ1) is 12.0. The fraction of sp³-hybridized carbons (Fsp3) is 0.238. The van der Waals surface area contributed by atoms with Gasteiger partial charge >= 0.3 is 5.97 Å². The van der Waals surface area contributed by atoms with Crippen LogP contribution in [0.1, 0.15) is 45.9 Å². The van der Waals surface area contributed by atoms with Gasteiger partial charge in [-0.15, -0.1) is 0 Å². The number of benzene rings is 2. The number of ketones is 1. The van der Waals surface area contributed by atoms with Gasteiger partial charge in [-0.3, -0.25) is 4.79 Å². The number of para-hydroxylation sites is 1. The highest BCUT2D eigenvalue weighted by molar-refractivity contribution is 6.02. The number of carbonyl (C=O) groups excluding carboxylic acids is 2. The van der Waals surface area contributed by atoms with Gasteiger partial charge in [0.25, 0.3) is 0 Å². The van der Waals surface area contributed by atoms with Gasteiger partial charge < -0.3 is 9.15 Å². The Balaban J connectivity index is 1.76. The molecule has 0 bridgehead atoms. The Morgan fingerprint density at radius 3 is 2.40 bits per heavy atom. The lowest BCUT2D eigenvalue weighted by molar-refractivity contribution is 0.0290. The van der Waals surface area contributed by atoms with E-state index in [1.807, 2.05) is 30.3 Å². The minimum atomic E-state index is -0.882. The molecule has 3 rings (SSSR count). The topological polar surface area (TPSA) is 56.5 Å². The molecule has 3 aromatic rings. The highest BCUT2D eigenvalue weighted by atomic mass is 16.6. The van der Waals surface area contributed by atoms with Gasteiger partial charge in [0.1, 0.15) is 5.58 Å². The molecule has 0 unspecified atom stereocenters. The lowest BCUT2D eigenvalue weighted by Crippen LogP contribution is -2.24. The van der Waals surface area contributed by atoms with Gasteiger partial charge in [-0.2, -0.15) is 0 Å². The molecule has 0 saturated carbocycles. The summed E-state index contributed by atoms with van der Waals surface area (Å²) in [4.78, 5) is 24.9. The second-order valence-electron chi connectivity index (χ2n) is 6.01. The number of ether oxygens (including phenoxy) is 1. The van der Waals surface area contributed by atoms with Crippen LogP contribution in [0.15, 0.2) is 52.9 Å². The van der Waals surface area contributed by atoms with Gasteiger partial charge in [-0.05, 0) is 31.9 Å². The van der Waals surface area contributed by atoms with Crippen molar-refractivity contribution in [1.29, 1.82) is 0 Å². The molecule has 0 saturated heterocycles. The van der Waals surface area contributed by atoms with E-state index in [4.69, 9.17) is 9.15 Å². The van der Waals surface area contributed by atoms with E-state index in [9.17, 15) is 9.59 Å². The molecule has 0 aliphatic rings. The average Bonchev–Trinajstić information content (AvgIpc) is 2.98. The summed E-state index contributed by atoms with van der Waals surface area (Å²) in [5.41, 5.74) is 3.02. The van der Waals surface area contributed by atoms with E-state index in [0.29, 0.717) is 16.7 Å². The van der Waals surface area contributed by atoms with Crippen LogP contribution in [0.3, 0.4) is 0 Å². The Kier molecular flexibility index (Phi) is 4.70. The van der Waals surface area contributed by atoms with Crippen molar-refractivity contribution in [2.75, 3.05) is 0 Å². The normalized spacial score (nSPS) is 12.1. The molecule has 2 aromatic carbocycles. The van der Waals surface area contributed by atoms with Crippen molar-refractivity contribution in [2.45, 2.75) is 33.3 Å². The monoisotopic (exact) mass is 336 g/mol. The second-order valence-corrected chi connectivity index (χ2v) is 6.01. The number of hydrogen-bond donors (Lipinski definition) is 0. The summed E-state index contributed by atoms with van der Waals surface area (Å²) in [5, 5.41) is 0.864. The quantitative estimate of drug-likeness (QED) is 0.499. The van der Waals surface area contributed by atoms with Crippen molar-refractivity contribution < 1.29 is 18.7 Å². The molecule has 0 aliphatic carbocycles. The smallest absolute Gasteiger partial charge is 0.375 e. The first-order valence-electron chi connectivity index (χ1n) is 8.33. The number of hydrogen-bond acceptors (Lipinski definition) is 4. The number of furan rings is 1. The molecule has 0 spiro atoms. The van der Waals surface area contributed by atoms with Crippen LogP contribution in [0.25, 0.3) is 11.0 Å². The van der Waals surface area contributed by atoms with E-state index >= 15 is 0 Å². The molecule has 25 heavy (non-hydrogen) atoms. The molecule has 4 nitrogen and oxygen atoms in total. The van der Waals surface area contributed by atoms with Crippen molar-refractivity contribution in [3.8, 4) is 0 Å². The second kappa shape index (κ2) is 6.93. The van der Waals surface area contributed by atoms with Crippen LogP contribution in [-0.2, 0) is 11.2 Å². The van der Waals surface area contributed by atoms with Gasteiger partial charge in [0.2, 0.25) is 11.5 Å². The zero-order valence-electron chi connectivity index (χ0n) is 14.5. The minimum Gasteiger partial charge on any atom is -0.449 e. The first kappa shape index (κ1) is 17.0. The number of esters is 1. The summed E-state index contributed by atoms with van der Waals surface area (Å²) in [7, 11) is 0. The first-order valence-corrected chi connectivity index (χ1v) is 8.33. The maximum absolute atomic E-state index is 12.5. The van der Waals surface area contributed by atoms with Crippen molar-refractivity contribution in [3.63, 3.8) is 0 Å². The van der Waals surface area contributed by atoms with Gasteiger partial charge in [-0.1, -0.05) is 49.4 Å². The van der Waals surface area contributed by atoms with Crippen LogP contribution in [0, 0.1) is 6.92 Å². The maximum atomic E-state index is 12.5. The van der Waals surface area contributed by atoms with Crippen LogP contribution >= 0.6 is 0 Å². The summed E-state index contributed by atoms with van der Waals surface area (Å²) in [5.74, 6) is -0.716. The van der Waals surface area contributed by atoms with Crippen molar-refractivity contribution in [1.82, 2.24) is 0 Å². The van der Waals surface area contributed by atoms with Crippen LogP contribution in [0.4, 0.5) is 0 Å². The predicted octanol–water partition coefficient (Wildman–Crippen LogP) is 4.73. The molecule has 0 N–H and O–H groups in total. The summed E-state index contributed by atoms with van der Waals surface area (Å²) in [6, 6.07) is 14.7. The highest BCUT2D eigenvalue weighted by Crippen LogP contribution is 2.26. The molecule has 1 heterocycles. The van der Waals surface area contributed by atoms with E-state index in [2.05, 4.69) is 6.92 Å². The van der Waals surface area contributed by atoms with Crippen LogP contribution < -0.4 is 0 Å². The number of fused-ring (bicyclic) bond motifs is 1. The molecule has 0 radical (unpaired) electrons. The van der Waals surface area contributed by atoms with Crippen LogP contribution in [0.2, 0.25) is 0 Å². The Morgan fingerprint density at radius 1 is 1.08 bits per heavy atom. The molecule has 0 aliphatic heterocycles. The lowest BCUT2D eigenvalue weighted by atomic mass is 10.0. The average molecular weight is 336 g/mol. The minimum absolute atomic E-state index is 0.141. The van der Waals surface area contributed by atoms with E-state index in [1.165, 1.54) is 0 Å². The van der Waals surface area contributed by atoms with Gasteiger partial charge in [-0.25, -0.2) is 4.79 Å². The van der Waals surface area contributed by atoms with Gasteiger partial charge in [0.05, 0.1) is 0 Å². The fourth-order valence-corrected chi connectivity index (χ4v) is 2.78. The van der Waals surface area contributed by atoms with E-state index < -0.39 is 12.1 Å². The predicted molar refractivity (Wildman–Crippen MR) is 96.0 cm³/mol. The molecule has 0 fully saturated rings. The molecule has 4 heteroatoms. The molecule has 1 atom stereocenters. The Morgan fingerprint density at radius 2 is 1.76 bits per heavy atom. The molecular formula is C21H20O4. The Labute approximate surface area is 146 Å². The Bertz CT molecular complexity index is 919. The maximum Gasteiger partial charge on any atom is 0.375 e. The summed E-state index contributed by atoms with van der Waals surface area (Å²) in [6.07, 6.45) is 0.0252. The lowest BCUT2D eigenvalue weighted by Gasteiger charge is -2.12. The molecule has 128 valence electrons. The number of carbonyl (C=O) groups is 2. The largest absolute Gasteiger partial charge is 0.449 e. The SMILES string of the molecule is CCc1ccc(C(=O)[C@@H](C)OC(=O)c2oc3ccccc3c2C)cc1. The zero-order valence-corrected chi connectivity index (χ0v) is 14.5. The third-order valence-electron chi connectivity index (χ3n) is 4.33. The molecule has 1 aromatic heterocycles. The summed E-state index contributed by atoms with van der Waals surface area (Å²) < 4.78 is 10.9. The highest BCUT2D eigenvalue weighted by Gasteiger charge is 2.24. The van der Waals surface area contributed by atoms with Crippen molar-refractivity contribution in [2.24, 2.45) is 0 Å². The van der Waals surface area contributed by atoms with E-state index in [0.717, 1.165) is 17.4 Å². The Hall–Kier alpha value is -2.88. The fourth-order valence-electron chi connectivity index (χ4n) is 2.78. The van der Waals surface area contributed by atoms with Crippen LogP contribution in [-0.4, -0.2) is 17.9 Å². The van der Waals surface area contributed by atoms with Crippen molar-refractivity contribution >= 4 is 22.7 Å². The summed E-state index contributed by atoms with van der Waals surface area (Å²) >= 11 is 0. The third-order valence-corrected chi connectivity index (χ3v) is 4.33. The van der Waals surface area contributed by atoms with Gasteiger partial charge in [0.15, 0.2) is 6.10 Å². The standard InChI is InChI=1S/C21H20O4/c1-4-15-9-11-16(12-10-15)19(22)14(3)24-21(23)20-13(2)17-7-5-6-8-18(17)25-20/h5-12,14H,4H2,1-3H3/t14-/m1/s1. The zero-order chi connectivity index (χ0) is 18.0. The molecule has 0 amide bonds. The van der Waals surface area contributed by atoms with E-state index in [1.54, 1.807) is 32.0 Å². The number of rotatable bonds is 5. The number of Topliss-reactive ketones (excluding diaryl/α,β-unsaturated/α-hetero) is 1. The van der Waals surface area contributed by atoms with Crippen molar-refractivity contribution in [3.05, 3.63) is 71.0 Å². The van der Waals surface area contributed by atoms with E-state index in [-0.39, 0.29) is 11.5 Å². The number of aryl methyl sites for hydroxylation is 2. The van der Waals surface area contributed by atoms with Crippen LogP contribution in [0.5, 0.6) is 0 Å². The molecular weight excluding hydrogens is 316 g/mol.